The largest absolute Gasteiger partial charge is 0.368 e. The van der Waals surface area contributed by atoms with Crippen LogP contribution in [0.5, 0.6) is 0 Å². The van der Waals surface area contributed by atoms with Gasteiger partial charge in [-0.05, 0) is 6.92 Å². The summed E-state index contributed by atoms with van der Waals surface area (Å²) in [6.07, 6.45) is 0. The fourth-order valence-corrected chi connectivity index (χ4v) is 2.71. The number of thioether (sulfide) groups is 1. The fraction of sp³-hybridized carbons (Fsp3) is 0.600. The van der Waals surface area contributed by atoms with Gasteiger partial charge in [0.05, 0.1) is 10.7 Å². The van der Waals surface area contributed by atoms with Crippen molar-refractivity contribution >= 4 is 28.9 Å². The van der Waals surface area contributed by atoms with E-state index >= 15 is 0 Å². The third-order valence-electron chi connectivity index (χ3n) is 2.04. The number of nitro groups is 1. The highest BCUT2D eigenvalue weighted by atomic mass is 32.2. The Morgan fingerprint density at radius 2 is 2.50 bits per heavy atom. The first-order valence-corrected chi connectivity index (χ1v) is 7.45. The van der Waals surface area contributed by atoms with Gasteiger partial charge in [-0.2, -0.15) is 11.8 Å². The van der Waals surface area contributed by atoms with Crippen molar-refractivity contribution in [3.63, 3.8) is 0 Å². The first-order valence-electron chi connectivity index (χ1n) is 5.42. The van der Waals surface area contributed by atoms with Gasteiger partial charge in [0.1, 0.15) is 0 Å². The van der Waals surface area contributed by atoms with E-state index in [4.69, 9.17) is 0 Å². The Balaban J connectivity index is 2.13. The van der Waals surface area contributed by atoms with Crippen LogP contribution in [0.25, 0.3) is 0 Å². The van der Waals surface area contributed by atoms with E-state index in [1.54, 1.807) is 30.1 Å². The normalized spacial score (nSPS) is 11.6. The van der Waals surface area contributed by atoms with Crippen LogP contribution in [-0.2, 0) is 5.75 Å². The van der Waals surface area contributed by atoms with Gasteiger partial charge in [0.15, 0.2) is 5.84 Å². The molecule has 0 unspecified atom stereocenters. The number of aromatic nitrogens is 1. The summed E-state index contributed by atoms with van der Waals surface area (Å²) < 4.78 is 0. The van der Waals surface area contributed by atoms with Crippen LogP contribution in [0.1, 0.15) is 10.7 Å². The molecule has 8 heteroatoms. The lowest BCUT2D eigenvalue weighted by Crippen LogP contribution is -2.31. The lowest BCUT2D eigenvalue weighted by Gasteiger charge is -2.05. The number of aryl methyl sites for hydroxylation is 1. The van der Waals surface area contributed by atoms with Crippen LogP contribution >= 0.6 is 23.1 Å². The van der Waals surface area contributed by atoms with Crippen molar-refractivity contribution in [2.24, 2.45) is 4.99 Å². The molecule has 1 aromatic rings. The number of aliphatic imine (C=N–C) groups is 1. The minimum absolute atomic E-state index is 0.244. The van der Waals surface area contributed by atoms with Crippen LogP contribution in [0.3, 0.4) is 0 Å². The number of thiazole rings is 1. The van der Waals surface area contributed by atoms with Crippen molar-refractivity contribution < 1.29 is 4.92 Å². The zero-order chi connectivity index (χ0) is 13.4. The Morgan fingerprint density at radius 1 is 1.72 bits per heavy atom. The summed E-state index contributed by atoms with van der Waals surface area (Å²) in [6, 6.07) is 0. The average Bonchev–Trinajstić information content (AvgIpc) is 2.72. The Bertz CT molecular complexity index is 420. The molecule has 1 heterocycles. The maximum atomic E-state index is 10.3. The maximum Gasteiger partial charge on any atom is 0.259 e. The predicted octanol–water partition coefficient (Wildman–Crippen LogP) is 1.58. The molecule has 0 saturated heterocycles. The second kappa shape index (κ2) is 8.04. The summed E-state index contributed by atoms with van der Waals surface area (Å²) >= 11 is 3.40. The number of nitrogens with zero attached hydrogens (tertiary/aromatic N) is 3. The number of amidine groups is 1. The number of hydrogen-bond donors (Lipinski definition) is 1. The third-order valence-corrected chi connectivity index (χ3v) is 3.86. The summed E-state index contributed by atoms with van der Waals surface area (Å²) in [5.74, 6) is 2.16. The topological polar surface area (TPSA) is 80.4 Å². The fourth-order valence-electron chi connectivity index (χ4n) is 1.25. The van der Waals surface area contributed by atoms with Gasteiger partial charge in [0.2, 0.25) is 0 Å². The summed E-state index contributed by atoms with van der Waals surface area (Å²) in [4.78, 5) is 18.1. The maximum absolute atomic E-state index is 10.3. The van der Waals surface area contributed by atoms with Gasteiger partial charge in [0, 0.05) is 35.4 Å². The van der Waals surface area contributed by atoms with E-state index in [9.17, 15) is 10.1 Å². The molecule has 0 radical (unpaired) electrons. The van der Waals surface area contributed by atoms with Crippen molar-refractivity contribution in [1.82, 2.24) is 10.3 Å². The smallest absolute Gasteiger partial charge is 0.259 e. The SMILES string of the molecule is CN=C(C[N+](=O)[O-])NCCSCc1csc(C)n1. The average molecular weight is 288 g/mol. The molecule has 6 nitrogen and oxygen atoms in total. The highest BCUT2D eigenvalue weighted by molar-refractivity contribution is 7.98. The molecule has 0 saturated carbocycles. The Kier molecular flexibility index (Phi) is 6.66. The standard InChI is InChI=1S/C10H16N4O2S2/c1-8-13-9(7-18-8)6-17-4-3-12-10(11-2)5-14(15)16/h7H,3-6H2,1-2H3,(H,11,12). The third kappa shape index (κ3) is 5.97. The Hall–Kier alpha value is -1.15. The lowest BCUT2D eigenvalue weighted by atomic mass is 10.5. The molecule has 0 aliphatic heterocycles. The van der Waals surface area contributed by atoms with E-state index in [1.807, 2.05) is 6.92 Å². The molecule has 0 amide bonds. The molecule has 0 aromatic carbocycles. The highest BCUT2D eigenvalue weighted by Crippen LogP contribution is 2.14. The van der Waals surface area contributed by atoms with E-state index in [0.717, 1.165) is 22.2 Å². The number of rotatable bonds is 7. The second-order valence-electron chi connectivity index (χ2n) is 3.50. The van der Waals surface area contributed by atoms with Crippen LogP contribution in [0.4, 0.5) is 0 Å². The van der Waals surface area contributed by atoms with Gasteiger partial charge in [-0.15, -0.1) is 11.3 Å². The van der Waals surface area contributed by atoms with Gasteiger partial charge in [-0.3, -0.25) is 15.1 Å². The van der Waals surface area contributed by atoms with Crippen LogP contribution in [0.15, 0.2) is 10.4 Å². The predicted molar refractivity (Wildman–Crippen MR) is 76.2 cm³/mol. The van der Waals surface area contributed by atoms with Crippen molar-refractivity contribution in [2.75, 3.05) is 25.9 Å². The molecule has 100 valence electrons. The highest BCUT2D eigenvalue weighted by Gasteiger charge is 2.05. The van der Waals surface area contributed by atoms with Crippen molar-refractivity contribution in [2.45, 2.75) is 12.7 Å². The summed E-state index contributed by atoms with van der Waals surface area (Å²) in [7, 11) is 1.55. The zero-order valence-corrected chi connectivity index (χ0v) is 12.0. The first-order chi connectivity index (χ1) is 8.61. The second-order valence-corrected chi connectivity index (χ2v) is 5.67. The van der Waals surface area contributed by atoms with Crippen LogP contribution in [0, 0.1) is 17.0 Å². The molecule has 0 atom stereocenters. The molecular formula is C10H16N4O2S2. The van der Waals surface area contributed by atoms with Gasteiger partial charge in [-0.1, -0.05) is 0 Å². The molecule has 18 heavy (non-hydrogen) atoms. The molecule has 1 rings (SSSR count). The monoisotopic (exact) mass is 288 g/mol. The van der Waals surface area contributed by atoms with Crippen molar-refractivity contribution in [1.29, 1.82) is 0 Å². The summed E-state index contributed by atoms with van der Waals surface area (Å²) in [5.41, 5.74) is 1.09. The minimum atomic E-state index is -0.388. The zero-order valence-electron chi connectivity index (χ0n) is 10.4. The van der Waals surface area contributed by atoms with Gasteiger partial charge in [0.25, 0.3) is 6.54 Å². The molecule has 0 fully saturated rings. The van der Waals surface area contributed by atoms with Gasteiger partial charge < -0.3 is 5.32 Å². The molecular weight excluding hydrogens is 272 g/mol. The number of nitrogens with one attached hydrogen (secondary N) is 1. The Morgan fingerprint density at radius 3 is 3.06 bits per heavy atom. The van der Waals surface area contributed by atoms with E-state index in [2.05, 4.69) is 20.7 Å². The molecule has 0 spiro atoms. The molecule has 1 aromatic heterocycles. The van der Waals surface area contributed by atoms with E-state index in [0.29, 0.717) is 12.4 Å². The minimum Gasteiger partial charge on any atom is -0.368 e. The molecule has 0 bridgehead atoms. The van der Waals surface area contributed by atoms with Crippen LogP contribution < -0.4 is 5.32 Å². The van der Waals surface area contributed by atoms with Crippen LogP contribution in [-0.4, -0.2) is 41.6 Å². The van der Waals surface area contributed by atoms with E-state index < -0.39 is 0 Å². The van der Waals surface area contributed by atoms with Gasteiger partial charge in [-0.25, -0.2) is 4.98 Å². The number of hydrogen-bond acceptors (Lipinski definition) is 6. The molecule has 0 aliphatic carbocycles. The van der Waals surface area contributed by atoms with Gasteiger partial charge >= 0.3 is 0 Å². The lowest BCUT2D eigenvalue weighted by molar-refractivity contribution is -0.463. The Labute approximate surface area is 114 Å². The van der Waals surface area contributed by atoms with E-state index in [1.165, 1.54) is 0 Å². The van der Waals surface area contributed by atoms with E-state index in [-0.39, 0.29) is 11.5 Å². The molecule has 0 aliphatic rings. The molecule has 1 N–H and O–H groups in total. The van der Waals surface area contributed by atoms with Crippen molar-refractivity contribution in [3.8, 4) is 0 Å². The van der Waals surface area contributed by atoms with Crippen LogP contribution in [0.2, 0.25) is 0 Å². The van der Waals surface area contributed by atoms with Crippen molar-refractivity contribution in [3.05, 3.63) is 26.2 Å². The quantitative estimate of drug-likeness (QED) is 0.271. The summed E-state index contributed by atoms with van der Waals surface area (Å²) in [6.45, 7) is 2.42. The first kappa shape index (κ1) is 14.9. The summed E-state index contributed by atoms with van der Waals surface area (Å²) in [5, 5.41) is 16.4.